The van der Waals surface area contributed by atoms with Gasteiger partial charge in [-0.2, -0.15) is 0 Å². The van der Waals surface area contributed by atoms with Crippen LogP contribution in [-0.2, 0) is 0 Å². The zero-order valence-electron chi connectivity index (χ0n) is 10.4. The molecule has 0 amide bonds. The second kappa shape index (κ2) is 4.85. The number of halogens is 2. The van der Waals surface area contributed by atoms with Gasteiger partial charge in [-0.1, -0.05) is 18.2 Å². The first-order chi connectivity index (χ1) is 9.15. The van der Waals surface area contributed by atoms with Gasteiger partial charge in [0.2, 0.25) is 0 Å². The molecule has 19 heavy (non-hydrogen) atoms. The molecule has 0 aliphatic carbocycles. The molecule has 1 unspecified atom stereocenters. The number of fused-ring (bicyclic) bond motifs is 1. The van der Waals surface area contributed by atoms with E-state index in [0.29, 0.717) is 12.1 Å². The van der Waals surface area contributed by atoms with Crippen molar-refractivity contribution >= 4 is 21.6 Å². The van der Waals surface area contributed by atoms with Gasteiger partial charge in [-0.3, -0.25) is 0 Å². The topological polar surface area (TPSA) is 21.3 Å². The zero-order chi connectivity index (χ0) is 13.4. The largest absolute Gasteiger partial charge is 0.481 e. The van der Waals surface area contributed by atoms with Crippen LogP contribution in [-0.4, -0.2) is 6.54 Å². The fourth-order valence-electron chi connectivity index (χ4n) is 2.15. The molecule has 98 valence electrons. The Morgan fingerprint density at radius 2 is 2.16 bits per heavy atom. The summed E-state index contributed by atoms with van der Waals surface area (Å²) in [5.74, 6) is 0.582. The van der Waals surface area contributed by atoms with E-state index in [1.54, 1.807) is 19.1 Å². The molecule has 2 aromatic carbocycles. The van der Waals surface area contributed by atoms with E-state index in [2.05, 4.69) is 21.2 Å². The molecule has 0 fully saturated rings. The van der Waals surface area contributed by atoms with Crippen molar-refractivity contribution in [3.05, 3.63) is 57.8 Å². The molecule has 0 bridgehead atoms. The molecule has 1 aliphatic heterocycles. The summed E-state index contributed by atoms with van der Waals surface area (Å²) in [6, 6.07) is 11.1. The number of ether oxygens (including phenoxy) is 1. The Morgan fingerprint density at radius 3 is 2.95 bits per heavy atom. The lowest BCUT2D eigenvalue weighted by atomic mass is 10.1. The summed E-state index contributed by atoms with van der Waals surface area (Å²) < 4.78 is 20.5. The number of hydrogen-bond donors (Lipinski definition) is 1. The van der Waals surface area contributed by atoms with Gasteiger partial charge in [0, 0.05) is 0 Å². The van der Waals surface area contributed by atoms with Gasteiger partial charge in [0.25, 0.3) is 0 Å². The van der Waals surface area contributed by atoms with E-state index in [0.717, 1.165) is 21.5 Å². The second-order valence-electron chi connectivity index (χ2n) is 4.61. The molecule has 0 saturated carbocycles. The van der Waals surface area contributed by atoms with Gasteiger partial charge in [0.05, 0.1) is 16.7 Å². The van der Waals surface area contributed by atoms with E-state index in [4.69, 9.17) is 4.74 Å². The van der Waals surface area contributed by atoms with Gasteiger partial charge in [-0.25, -0.2) is 4.39 Å². The van der Waals surface area contributed by atoms with Crippen LogP contribution in [0.2, 0.25) is 0 Å². The lowest BCUT2D eigenvalue weighted by molar-refractivity contribution is 0.208. The Bertz CT molecular complexity index is 630. The number of hydrogen-bond acceptors (Lipinski definition) is 2. The van der Waals surface area contributed by atoms with E-state index in [-0.39, 0.29) is 11.9 Å². The maximum Gasteiger partial charge on any atom is 0.157 e. The number of aryl methyl sites for hydroxylation is 1. The Morgan fingerprint density at radius 1 is 1.32 bits per heavy atom. The third-order valence-electron chi connectivity index (χ3n) is 3.27. The maximum atomic E-state index is 13.6. The summed E-state index contributed by atoms with van der Waals surface area (Å²) in [6.07, 6.45) is -0.179. The Balaban J connectivity index is 1.93. The quantitative estimate of drug-likeness (QED) is 0.838. The molecule has 0 saturated heterocycles. The smallest absolute Gasteiger partial charge is 0.157 e. The van der Waals surface area contributed by atoms with E-state index in [9.17, 15) is 4.39 Å². The summed E-state index contributed by atoms with van der Waals surface area (Å²) >= 11 is 3.47. The highest BCUT2D eigenvalue weighted by Crippen LogP contribution is 2.39. The molecule has 0 radical (unpaired) electrons. The molecular weight excluding hydrogens is 309 g/mol. The Labute approximate surface area is 119 Å². The molecule has 1 heterocycles. The highest BCUT2D eigenvalue weighted by atomic mass is 79.9. The van der Waals surface area contributed by atoms with Crippen molar-refractivity contribution in [2.24, 2.45) is 0 Å². The number of nitrogens with one attached hydrogen (secondary N) is 1. The maximum absolute atomic E-state index is 13.6. The first-order valence-electron chi connectivity index (χ1n) is 6.10. The molecule has 0 aromatic heterocycles. The minimum atomic E-state index is -0.195. The van der Waals surface area contributed by atoms with Crippen LogP contribution < -0.4 is 10.1 Å². The van der Waals surface area contributed by atoms with E-state index >= 15 is 0 Å². The van der Waals surface area contributed by atoms with E-state index in [1.807, 2.05) is 24.3 Å². The number of para-hydroxylation sites is 1. The van der Waals surface area contributed by atoms with Crippen molar-refractivity contribution in [1.82, 2.24) is 0 Å². The third kappa shape index (κ3) is 2.32. The first kappa shape index (κ1) is 12.5. The van der Waals surface area contributed by atoms with Crippen LogP contribution in [0.5, 0.6) is 5.75 Å². The van der Waals surface area contributed by atoms with Gasteiger partial charge >= 0.3 is 0 Å². The minimum Gasteiger partial charge on any atom is -0.481 e. The lowest BCUT2D eigenvalue weighted by Gasteiger charge is -2.28. The molecule has 4 heteroatoms. The summed E-state index contributed by atoms with van der Waals surface area (Å²) in [7, 11) is 0. The Hall–Kier alpha value is -1.55. The molecule has 1 N–H and O–H groups in total. The number of anilines is 1. The van der Waals surface area contributed by atoms with Gasteiger partial charge in [0.1, 0.15) is 11.9 Å². The monoisotopic (exact) mass is 321 g/mol. The Kier molecular flexibility index (Phi) is 3.19. The average molecular weight is 322 g/mol. The number of benzene rings is 2. The van der Waals surface area contributed by atoms with Crippen molar-refractivity contribution < 1.29 is 9.13 Å². The van der Waals surface area contributed by atoms with Crippen molar-refractivity contribution in [2.75, 3.05) is 11.9 Å². The van der Waals surface area contributed by atoms with Crippen molar-refractivity contribution in [2.45, 2.75) is 13.0 Å². The zero-order valence-corrected chi connectivity index (χ0v) is 12.0. The van der Waals surface area contributed by atoms with Gasteiger partial charge < -0.3 is 10.1 Å². The van der Waals surface area contributed by atoms with Crippen LogP contribution in [0.3, 0.4) is 0 Å². The molecule has 0 spiro atoms. The van der Waals surface area contributed by atoms with Crippen molar-refractivity contribution in [1.29, 1.82) is 0 Å². The molecule has 1 aliphatic rings. The lowest BCUT2D eigenvalue weighted by Crippen LogP contribution is -2.23. The predicted molar refractivity (Wildman–Crippen MR) is 77.1 cm³/mol. The van der Waals surface area contributed by atoms with Crippen LogP contribution >= 0.6 is 15.9 Å². The average Bonchev–Trinajstić information content (AvgIpc) is 2.42. The molecule has 1 atom stereocenters. The SMILES string of the molecule is Cc1ccc(C2CNc3cccc(Br)c3O2)cc1F. The summed E-state index contributed by atoms with van der Waals surface area (Å²) in [5, 5.41) is 3.31. The van der Waals surface area contributed by atoms with Crippen molar-refractivity contribution in [3.8, 4) is 5.75 Å². The molecule has 2 nitrogen and oxygen atoms in total. The normalized spacial score (nSPS) is 17.3. The molecular formula is C15H13BrFNO. The van der Waals surface area contributed by atoms with Crippen LogP contribution in [0.4, 0.5) is 10.1 Å². The first-order valence-corrected chi connectivity index (χ1v) is 6.89. The highest BCUT2D eigenvalue weighted by molar-refractivity contribution is 9.10. The van der Waals surface area contributed by atoms with E-state index in [1.165, 1.54) is 0 Å². The van der Waals surface area contributed by atoms with Gasteiger partial charge in [-0.15, -0.1) is 0 Å². The summed E-state index contributed by atoms with van der Waals surface area (Å²) in [5.41, 5.74) is 2.45. The second-order valence-corrected chi connectivity index (χ2v) is 5.47. The van der Waals surface area contributed by atoms with Crippen LogP contribution in [0.15, 0.2) is 40.9 Å². The molecule has 2 aromatic rings. The number of rotatable bonds is 1. The highest BCUT2D eigenvalue weighted by Gasteiger charge is 2.23. The summed E-state index contributed by atoms with van der Waals surface area (Å²) in [4.78, 5) is 0. The van der Waals surface area contributed by atoms with E-state index < -0.39 is 0 Å². The molecule has 3 rings (SSSR count). The fourth-order valence-corrected chi connectivity index (χ4v) is 2.61. The minimum absolute atomic E-state index is 0.179. The third-order valence-corrected chi connectivity index (χ3v) is 3.90. The van der Waals surface area contributed by atoms with Gasteiger partial charge in [-0.05, 0) is 52.2 Å². The summed E-state index contributed by atoms with van der Waals surface area (Å²) in [6.45, 7) is 2.39. The predicted octanol–water partition coefficient (Wildman–Crippen LogP) is 4.44. The van der Waals surface area contributed by atoms with Crippen LogP contribution in [0.1, 0.15) is 17.2 Å². The fraction of sp³-hybridized carbons (Fsp3) is 0.200. The van der Waals surface area contributed by atoms with Crippen LogP contribution in [0.25, 0.3) is 0 Å². The standard InChI is InChI=1S/C15H13BrFNO/c1-9-5-6-10(7-12(9)17)14-8-18-13-4-2-3-11(16)15(13)19-14/h2-7,14,18H,8H2,1H3. The van der Waals surface area contributed by atoms with Crippen molar-refractivity contribution in [3.63, 3.8) is 0 Å². The van der Waals surface area contributed by atoms with Crippen LogP contribution in [0, 0.1) is 12.7 Å². The van der Waals surface area contributed by atoms with Gasteiger partial charge in [0.15, 0.2) is 5.75 Å².